The number of hydrogen-bond donors (Lipinski definition) is 1. The number of rotatable bonds is 4. The molecule has 0 aliphatic rings. The molecule has 0 aromatic heterocycles. The van der Waals surface area contributed by atoms with Gasteiger partial charge in [0.25, 0.3) is 0 Å². The minimum absolute atomic E-state index is 0.151. The number of alkyl halides is 1. The Morgan fingerprint density at radius 2 is 1.89 bits per heavy atom. The summed E-state index contributed by atoms with van der Waals surface area (Å²) in [6.45, 7) is 5.68. The smallest absolute Gasteiger partial charge is 0.238 e. The van der Waals surface area contributed by atoms with Crippen LogP contribution in [0.2, 0.25) is 0 Å². The zero-order chi connectivity index (χ0) is 14.8. The highest BCUT2D eigenvalue weighted by Gasteiger charge is 2.19. The van der Waals surface area contributed by atoms with Crippen LogP contribution in [0.1, 0.15) is 19.4 Å². The van der Waals surface area contributed by atoms with Gasteiger partial charge in [0.2, 0.25) is 5.91 Å². The van der Waals surface area contributed by atoms with Crippen molar-refractivity contribution in [1.82, 2.24) is 0 Å². The van der Waals surface area contributed by atoms with Crippen molar-refractivity contribution in [1.29, 1.82) is 0 Å². The maximum Gasteiger partial charge on any atom is 0.238 e. The standard InChI is InChI=1S/C13H18BrNO3S/c1-8(2)12(14)13(16)15-11-7-10(19(4,17)18)6-5-9(11)3/h5-8,12H,1-4H3,(H,15,16). The third kappa shape index (κ3) is 4.31. The highest BCUT2D eigenvalue weighted by Crippen LogP contribution is 2.22. The first kappa shape index (κ1) is 16.2. The fourth-order valence-corrected chi connectivity index (χ4v) is 2.23. The van der Waals surface area contributed by atoms with E-state index in [1.54, 1.807) is 6.07 Å². The highest BCUT2D eigenvalue weighted by molar-refractivity contribution is 9.10. The van der Waals surface area contributed by atoms with Crippen LogP contribution in [0.3, 0.4) is 0 Å². The Labute approximate surface area is 122 Å². The highest BCUT2D eigenvalue weighted by atomic mass is 79.9. The molecule has 106 valence electrons. The molecule has 0 saturated heterocycles. The van der Waals surface area contributed by atoms with Crippen molar-refractivity contribution >= 4 is 37.4 Å². The fourth-order valence-electron chi connectivity index (χ4n) is 1.47. The summed E-state index contributed by atoms with van der Waals surface area (Å²) in [7, 11) is -3.28. The van der Waals surface area contributed by atoms with Gasteiger partial charge in [-0.3, -0.25) is 4.79 Å². The van der Waals surface area contributed by atoms with Gasteiger partial charge in [0, 0.05) is 11.9 Å². The van der Waals surface area contributed by atoms with Gasteiger partial charge in [-0.15, -0.1) is 0 Å². The van der Waals surface area contributed by atoms with Crippen molar-refractivity contribution in [2.75, 3.05) is 11.6 Å². The molecule has 1 aromatic carbocycles. The van der Waals surface area contributed by atoms with Crippen LogP contribution in [-0.2, 0) is 14.6 Å². The SMILES string of the molecule is Cc1ccc(S(C)(=O)=O)cc1NC(=O)C(Br)C(C)C. The Bertz CT molecular complexity index is 582. The molecular weight excluding hydrogens is 330 g/mol. The molecule has 0 aliphatic carbocycles. The zero-order valence-corrected chi connectivity index (χ0v) is 13.8. The van der Waals surface area contributed by atoms with Gasteiger partial charge >= 0.3 is 0 Å². The summed E-state index contributed by atoms with van der Waals surface area (Å²) in [6.07, 6.45) is 1.14. The lowest BCUT2D eigenvalue weighted by molar-refractivity contribution is -0.116. The lowest BCUT2D eigenvalue weighted by atomic mass is 10.1. The number of carbonyl (C=O) groups excluding carboxylic acids is 1. The summed E-state index contributed by atoms with van der Waals surface area (Å²) in [4.78, 5) is 11.8. The van der Waals surface area contributed by atoms with Gasteiger partial charge in [0.15, 0.2) is 9.84 Å². The van der Waals surface area contributed by atoms with E-state index in [0.29, 0.717) is 5.69 Å². The molecule has 0 radical (unpaired) electrons. The number of amides is 1. The molecular formula is C13H18BrNO3S. The molecule has 1 rings (SSSR count). The van der Waals surface area contributed by atoms with Crippen LogP contribution in [0.4, 0.5) is 5.69 Å². The number of benzene rings is 1. The summed E-state index contributed by atoms with van der Waals surface area (Å²) < 4.78 is 23.0. The van der Waals surface area contributed by atoms with Crippen LogP contribution in [-0.4, -0.2) is 25.4 Å². The molecule has 19 heavy (non-hydrogen) atoms. The first-order valence-corrected chi connectivity index (χ1v) is 8.69. The maximum absolute atomic E-state index is 12.0. The van der Waals surface area contributed by atoms with Crippen molar-refractivity contribution in [2.45, 2.75) is 30.5 Å². The average molecular weight is 348 g/mol. The molecule has 0 fully saturated rings. The number of anilines is 1. The minimum atomic E-state index is -3.28. The van der Waals surface area contributed by atoms with Crippen LogP contribution in [0, 0.1) is 12.8 Å². The second-order valence-corrected chi connectivity index (χ2v) is 7.89. The van der Waals surface area contributed by atoms with Gasteiger partial charge in [-0.1, -0.05) is 35.8 Å². The van der Waals surface area contributed by atoms with E-state index in [9.17, 15) is 13.2 Å². The van der Waals surface area contributed by atoms with Gasteiger partial charge in [-0.05, 0) is 30.5 Å². The summed E-state index contributed by atoms with van der Waals surface area (Å²) >= 11 is 3.32. The molecule has 0 spiro atoms. The number of sulfone groups is 1. The Kier molecular flexibility index (Phi) is 5.15. The topological polar surface area (TPSA) is 63.2 Å². The van der Waals surface area contributed by atoms with E-state index in [0.717, 1.165) is 11.8 Å². The van der Waals surface area contributed by atoms with Gasteiger partial charge < -0.3 is 5.32 Å². The van der Waals surface area contributed by atoms with E-state index in [1.807, 2.05) is 20.8 Å². The molecule has 6 heteroatoms. The number of hydrogen-bond acceptors (Lipinski definition) is 3. The summed E-state index contributed by atoms with van der Waals surface area (Å²) in [6, 6.07) is 4.71. The zero-order valence-electron chi connectivity index (χ0n) is 11.4. The van der Waals surface area contributed by atoms with E-state index in [2.05, 4.69) is 21.2 Å². The Morgan fingerprint density at radius 1 is 1.32 bits per heavy atom. The second-order valence-electron chi connectivity index (χ2n) is 4.88. The van der Waals surface area contributed by atoms with Crippen LogP contribution in [0.15, 0.2) is 23.1 Å². The number of aryl methyl sites for hydroxylation is 1. The molecule has 0 heterocycles. The Hall–Kier alpha value is -0.880. The lowest BCUT2D eigenvalue weighted by Crippen LogP contribution is -2.27. The number of halogens is 1. The average Bonchev–Trinajstić information content (AvgIpc) is 2.29. The monoisotopic (exact) mass is 347 g/mol. The molecule has 0 aliphatic heterocycles. The molecule has 0 saturated carbocycles. The molecule has 1 aromatic rings. The Morgan fingerprint density at radius 3 is 2.37 bits per heavy atom. The molecule has 0 bridgehead atoms. The van der Waals surface area contributed by atoms with Gasteiger partial charge in [0.1, 0.15) is 0 Å². The fraction of sp³-hybridized carbons (Fsp3) is 0.462. The summed E-state index contributed by atoms with van der Waals surface area (Å²) in [5.74, 6) is -0.0258. The lowest BCUT2D eigenvalue weighted by Gasteiger charge is -2.15. The normalized spacial score (nSPS) is 13.4. The summed E-state index contributed by atoms with van der Waals surface area (Å²) in [5.41, 5.74) is 1.35. The van der Waals surface area contributed by atoms with E-state index in [4.69, 9.17) is 0 Å². The van der Waals surface area contributed by atoms with Gasteiger partial charge in [0.05, 0.1) is 9.72 Å². The second kappa shape index (κ2) is 6.05. The van der Waals surface area contributed by atoms with E-state index in [-0.39, 0.29) is 21.5 Å². The number of nitrogens with one attached hydrogen (secondary N) is 1. The molecule has 1 atom stereocenters. The largest absolute Gasteiger partial charge is 0.325 e. The predicted molar refractivity (Wildman–Crippen MR) is 80.5 cm³/mol. The summed E-state index contributed by atoms with van der Waals surface area (Å²) in [5, 5.41) is 2.75. The Balaban J connectivity index is 3.05. The third-order valence-corrected chi connectivity index (χ3v) is 5.31. The quantitative estimate of drug-likeness (QED) is 0.851. The van der Waals surface area contributed by atoms with Crippen LogP contribution >= 0.6 is 15.9 Å². The molecule has 1 N–H and O–H groups in total. The van der Waals surface area contributed by atoms with Crippen LogP contribution in [0.5, 0.6) is 0 Å². The van der Waals surface area contributed by atoms with Crippen molar-refractivity contribution in [2.24, 2.45) is 5.92 Å². The van der Waals surface area contributed by atoms with Crippen molar-refractivity contribution in [3.63, 3.8) is 0 Å². The van der Waals surface area contributed by atoms with Crippen molar-refractivity contribution in [3.8, 4) is 0 Å². The minimum Gasteiger partial charge on any atom is -0.325 e. The third-order valence-electron chi connectivity index (χ3n) is 2.73. The van der Waals surface area contributed by atoms with Gasteiger partial charge in [-0.2, -0.15) is 0 Å². The van der Waals surface area contributed by atoms with Crippen molar-refractivity contribution < 1.29 is 13.2 Å². The van der Waals surface area contributed by atoms with Crippen LogP contribution in [0.25, 0.3) is 0 Å². The van der Waals surface area contributed by atoms with Crippen LogP contribution < -0.4 is 5.32 Å². The molecule has 4 nitrogen and oxygen atoms in total. The van der Waals surface area contributed by atoms with Gasteiger partial charge in [-0.25, -0.2) is 8.42 Å². The molecule has 1 amide bonds. The first-order valence-electron chi connectivity index (χ1n) is 5.88. The predicted octanol–water partition coefficient (Wildman–Crippen LogP) is 2.76. The van der Waals surface area contributed by atoms with E-state index in [1.165, 1.54) is 12.1 Å². The van der Waals surface area contributed by atoms with Crippen molar-refractivity contribution in [3.05, 3.63) is 23.8 Å². The van der Waals surface area contributed by atoms with E-state index < -0.39 is 9.84 Å². The van der Waals surface area contributed by atoms with E-state index >= 15 is 0 Å². The first-order chi connectivity index (χ1) is 8.62. The maximum atomic E-state index is 12.0. The molecule has 1 unspecified atom stereocenters. The number of carbonyl (C=O) groups is 1.